The predicted octanol–water partition coefficient (Wildman–Crippen LogP) is 6.01. The number of anilines is 1. The van der Waals surface area contributed by atoms with E-state index in [1.54, 1.807) is 4.90 Å². The van der Waals surface area contributed by atoms with Gasteiger partial charge in [-0.05, 0) is 70.6 Å². The molecule has 0 fully saturated rings. The lowest BCUT2D eigenvalue weighted by molar-refractivity contribution is 0.0726. The van der Waals surface area contributed by atoms with Crippen LogP contribution in [0.25, 0.3) is 22.0 Å². The first-order valence-electron chi connectivity index (χ1n) is 11.3. The lowest BCUT2D eigenvalue weighted by Gasteiger charge is -2.28. The van der Waals surface area contributed by atoms with Crippen molar-refractivity contribution in [3.8, 4) is 16.9 Å². The second-order valence-corrected chi connectivity index (χ2v) is 8.84. The van der Waals surface area contributed by atoms with Gasteiger partial charge in [-0.25, -0.2) is 4.39 Å². The summed E-state index contributed by atoms with van der Waals surface area (Å²) in [5.41, 5.74) is 11.8. The van der Waals surface area contributed by atoms with E-state index in [0.717, 1.165) is 27.6 Å². The van der Waals surface area contributed by atoms with E-state index in [1.165, 1.54) is 18.2 Å². The van der Waals surface area contributed by atoms with Gasteiger partial charge in [0.2, 0.25) is 0 Å². The van der Waals surface area contributed by atoms with Crippen LogP contribution in [0.3, 0.4) is 0 Å². The third kappa shape index (κ3) is 3.60. The second kappa shape index (κ2) is 8.02. The Labute approximate surface area is 201 Å². The van der Waals surface area contributed by atoms with Gasteiger partial charge >= 0.3 is 0 Å². The summed E-state index contributed by atoms with van der Waals surface area (Å²) in [5, 5.41) is 11.7. The van der Waals surface area contributed by atoms with Gasteiger partial charge in [-0.3, -0.25) is 4.79 Å². The third-order valence-electron chi connectivity index (χ3n) is 6.63. The van der Waals surface area contributed by atoms with Gasteiger partial charge in [0.05, 0.1) is 0 Å². The molecule has 0 saturated heterocycles. The molecule has 2 heterocycles. The fraction of sp³-hybridized carbons (Fsp3) is 0.0690. The van der Waals surface area contributed by atoms with E-state index < -0.39 is 11.9 Å². The Morgan fingerprint density at radius 3 is 2.49 bits per heavy atom. The van der Waals surface area contributed by atoms with Gasteiger partial charge in [0, 0.05) is 34.6 Å². The smallest absolute Gasteiger partial charge is 0.255 e. The van der Waals surface area contributed by atoms with E-state index in [0.29, 0.717) is 29.1 Å². The molecule has 0 spiro atoms. The molecule has 172 valence electrons. The molecular formula is C29H22FN3O2. The van der Waals surface area contributed by atoms with Crippen LogP contribution < -0.4 is 5.73 Å². The van der Waals surface area contributed by atoms with Gasteiger partial charge < -0.3 is 20.7 Å². The minimum Gasteiger partial charge on any atom is -0.508 e. The number of benzene rings is 4. The van der Waals surface area contributed by atoms with Crippen molar-refractivity contribution in [3.05, 3.63) is 119 Å². The van der Waals surface area contributed by atoms with Crippen molar-refractivity contribution in [3.63, 3.8) is 0 Å². The van der Waals surface area contributed by atoms with Gasteiger partial charge in [0.1, 0.15) is 17.6 Å². The second-order valence-electron chi connectivity index (χ2n) is 8.84. The zero-order valence-corrected chi connectivity index (χ0v) is 18.7. The van der Waals surface area contributed by atoms with Crippen LogP contribution in [0.1, 0.15) is 33.2 Å². The highest BCUT2D eigenvalue weighted by atomic mass is 19.1. The maximum atomic E-state index is 14.3. The number of carbonyl (C=O) groups is 1. The van der Waals surface area contributed by atoms with Gasteiger partial charge in [-0.1, -0.05) is 42.5 Å². The summed E-state index contributed by atoms with van der Waals surface area (Å²) >= 11 is 0. The average molecular weight is 464 g/mol. The number of phenolic OH excluding ortho intramolecular Hbond substituents is 1. The number of nitrogens with two attached hydrogens (primary N) is 1. The van der Waals surface area contributed by atoms with Crippen LogP contribution in [-0.2, 0) is 6.54 Å². The molecule has 1 atom stereocenters. The highest BCUT2D eigenvalue weighted by Crippen LogP contribution is 2.40. The highest BCUT2D eigenvalue weighted by Gasteiger charge is 2.36. The zero-order valence-electron chi connectivity index (χ0n) is 18.7. The molecule has 1 amide bonds. The lowest BCUT2D eigenvalue weighted by atomic mass is 10.00. The topological polar surface area (TPSA) is 82.4 Å². The number of hydrogen-bond donors (Lipinski definition) is 3. The number of rotatable bonds is 4. The first-order chi connectivity index (χ1) is 17.0. The quantitative estimate of drug-likeness (QED) is 0.286. The molecule has 0 radical (unpaired) electrons. The molecule has 5 aromatic rings. The van der Waals surface area contributed by atoms with E-state index in [2.05, 4.69) is 4.98 Å². The number of halogens is 1. The van der Waals surface area contributed by atoms with Crippen molar-refractivity contribution in [2.75, 3.05) is 5.73 Å². The summed E-state index contributed by atoms with van der Waals surface area (Å²) in [6, 6.07) is 26.2. The molecule has 5 nitrogen and oxygen atoms in total. The zero-order chi connectivity index (χ0) is 24.1. The molecule has 0 aliphatic carbocycles. The van der Waals surface area contributed by atoms with Crippen LogP contribution in [0, 0.1) is 5.82 Å². The number of aromatic nitrogens is 1. The largest absolute Gasteiger partial charge is 0.508 e. The number of aromatic amines is 1. The SMILES string of the molecule is Nc1ccc(-c2ccc3c(c2)C(=O)N([C@@H](c2cc4ccccc4[nH]2)c2cc(F)ccc2O)C3)cc1. The maximum absolute atomic E-state index is 14.3. The Morgan fingerprint density at radius 2 is 1.69 bits per heavy atom. The molecule has 0 saturated carbocycles. The van der Waals surface area contributed by atoms with Crippen LogP contribution in [-0.4, -0.2) is 20.9 Å². The number of aromatic hydroxyl groups is 1. The number of para-hydroxylation sites is 1. The first-order valence-corrected chi connectivity index (χ1v) is 11.3. The molecule has 4 aromatic carbocycles. The molecule has 35 heavy (non-hydrogen) atoms. The monoisotopic (exact) mass is 463 g/mol. The van der Waals surface area contributed by atoms with Crippen LogP contribution in [0.5, 0.6) is 5.75 Å². The normalized spacial score (nSPS) is 13.9. The Hall–Kier alpha value is -4.58. The summed E-state index contributed by atoms with van der Waals surface area (Å²) in [6.07, 6.45) is 0. The first kappa shape index (κ1) is 21.0. The standard InChI is InChI=1S/C29H22FN3O2/c30-21-9-12-27(34)24(15-21)28(26-14-19-3-1-2-4-25(19)32-26)33-16-20-6-5-18(13-23(20)29(33)35)17-7-10-22(31)11-8-17/h1-15,28,32,34H,16,31H2/t28-/m1/s1. The highest BCUT2D eigenvalue weighted by molar-refractivity contribution is 6.00. The van der Waals surface area contributed by atoms with E-state index in [9.17, 15) is 14.3 Å². The number of nitrogens with zero attached hydrogens (tertiary/aromatic N) is 1. The lowest BCUT2D eigenvalue weighted by Crippen LogP contribution is -2.30. The van der Waals surface area contributed by atoms with E-state index in [1.807, 2.05) is 72.8 Å². The van der Waals surface area contributed by atoms with Crippen LogP contribution >= 0.6 is 0 Å². The molecule has 6 heteroatoms. The summed E-state index contributed by atoms with van der Waals surface area (Å²) in [4.78, 5) is 18.8. The molecule has 0 bridgehead atoms. The fourth-order valence-corrected chi connectivity index (χ4v) is 4.88. The number of carbonyl (C=O) groups excluding carboxylic acids is 1. The van der Waals surface area contributed by atoms with E-state index in [4.69, 9.17) is 5.73 Å². The predicted molar refractivity (Wildman–Crippen MR) is 134 cm³/mol. The molecule has 4 N–H and O–H groups in total. The molecular weight excluding hydrogens is 441 g/mol. The van der Waals surface area contributed by atoms with Gasteiger partial charge in [0.15, 0.2) is 0 Å². The van der Waals surface area contributed by atoms with Crippen LogP contribution in [0.15, 0.2) is 91.0 Å². The number of nitrogens with one attached hydrogen (secondary N) is 1. The molecule has 1 aliphatic heterocycles. The number of amides is 1. The van der Waals surface area contributed by atoms with Crippen molar-refractivity contribution < 1.29 is 14.3 Å². The van der Waals surface area contributed by atoms with Crippen molar-refractivity contribution >= 4 is 22.5 Å². The summed E-state index contributed by atoms with van der Waals surface area (Å²) in [5.74, 6) is -0.723. The van der Waals surface area contributed by atoms with Crippen molar-refractivity contribution in [1.82, 2.24) is 9.88 Å². The van der Waals surface area contributed by atoms with Gasteiger partial charge in [0.25, 0.3) is 5.91 Å². The van der Waals surface area contributed by atoms with Crippen molar-refractivity contribution in [2.45, 2.75) is 12.6 Å². The Kier molecular flexibility index (Phi) is 4.81. The maximum Gasteiger partial charge on any atom is 0.255 e. The van der Waals surface area contributed by atoms with E-state index >= 15 is 0 Å². The Balaban J connectivity index is 1.45. The molecule has 1 aromatic heterocycles. The summed E-state index contributed by atoms with van der Waals surface area (Å²) < 4.78 is 14.3. The number of hydrogen-bond acceptors (Lipinski definition) is 3. The summed E-state index contributed by atoms with van der Waals surface area (Å²) in [6.45, 7) is 0.339. The van der Waals surface area contributed by atoms with Gasteiger partial charge in [-0.15, -0.1) is 0 Å². The Morgan fingerprint density at radius 1 is 0.914 bits per heavy atom. The number of H-pyrrole nitrogens is 1. The number of nitrogen functional groups attached to an aromatic ring is 1. The molecule has 0 unspecified atom stereocenters. The Bertz CT molecular complexity index is 1560. The fourth-order valence-electron chi connectivity index (χ4n) is 4.88. The summed E-state index contributed by atoms with van der Waals surface area (Å²) in [7, 11) is 0. The molecule has 6 rings (SSSR count). The van der Waals surface area contributed by atoms with E-state index in [-0.39, 0.29) is 11.7 Å². The van der Waals surface area contributed by atoms with Gasteiger partial charge in [-0.2, -0.15) is 0 Å². The van der Waals surface area contributed by atoms with Crippen molar-refractivity contribution in [1.29, 1.82) is 0 Å². The van der Waals surface area contributed by atoms with Crippen LogP contribution in [0.4, 0.5) is 10.1 Å². The van der Waals surface area contributed by atoms with Crippen molar-refractivity contribution in [2.24, 2.45) is 0 Å². The minimum absolute atomic E-state index is 0.0682. The average Bonchev–Trinajstić information content (AvgIpc) is 3.43. The molecule has 1 aliphatic rings. The third-order valence-corrected chi connectivity index (χ3v) is 6.63. The number of fused-ring (bicyclic) bond motifs is 2. The van der Waals surface area contributed by atoms with Crippen LogP contribution in [0.2, 0.25) is 0 Å². The number of phenols is 1. The minimum atomic E-state index is -0.696.